The fraction of sp³-hybridized carbons (Fsp3) is 1.00. The first kappa shape index (κ1) is 14.9. The van der Waals surface area contributed by atoms with Gasteiger partial charge >= 0.3 is 0 Å². The van der Waals surface area contributed by atoms with Crippen molar-refractivity contribution in [3.63, 3.8) is 0 Å². The lowest BCUT2D eigenvalue weighted by Crippen LogP contribution is -2.32. The predicted molar refractivity (Wildman–Crippen MR) is 70.0 cm³/mol. The van der Waals surface area contributed by atoms with Crippen molar-refractivity contribution in [1.29, 1.82) is 0 Å². The van der Waals surface area contributed by atoms with E-state index in [0.717, 1.165) is 19.5 Å². The van der Waals surface area contributed by atoms with E-state index >= 15 is 0 Å². The Morgan fingerprint density at radius 1 is 1.29 bits per heavy atom. The number of hydrogen-bond acceptors (Lipinski definition) is 4. The van der Waals surface area contributed by atoms with Gasteiger partial charge in [0.05, 0.1) is 17.1 Å². The highest BCUT2D eigenvalue weighted by Gasteiger charge is 2.28. The van der Waals surface area contributed by atoms with Crippen molar-refractivity contribution in [1.82, 2.24) is 5.32 Å². The van der Waals surface area contributed by atoms with Crippen LogP contribution in [0.4, 0.5) is 0 Å². The first-order valence-corrected chi connectivity index (χ1v) is 7.99. The summed E-state index contributed by atoms with van der Waals surface area (Å²) >= 11 is 0. The highest BCUT2D eigenvalue weighted by Crippen LogP contribution is 2.16. The Bertz CT molecular complexity index is 313. The van der Waals surface area contributed by atoms with Crippen LogP contribution in [-0.4, -0.2) is 45.2 Å². The summed E-state index contributed by atoms with van der Waals surface area (Å²) < 4.78 is 28.3. The summed E-state index contributed by atoms with van der Waals surface area (Å²) in [5.41, 5.74) is 0. The molecule has 1 rings (SSSR count). The molecule has 0 aliphatic carbocycles. The molecule has 1 atom stereocenters. The van der Waals surface area contributed by atoms with E-state index in [1.807, 2.05) is 0 Å². The van der Waals surface area contributed by atoms with E-state index in [-0.39, 0.29) is 5.75 Å². The Labute approximate surface area is 105 Å². The molecule has 5 heteroatoms. The van der Waals surface area contributed by atoms with E-state index in [1.54, 1.807) is 20.8 Å². The molecule has 1 saturated heterocycles. The third kappa shape index (κ3) is 4.94. The summed E-state index contributed by atoms with van der Waals surface area (Å²) in [6.07, 6.45) is 2.24. The van der Waals surface area contributed by atoms with Gasteiger partial charge in [0.15, 0.2) is 9.84 Å². The lowest BCUT2D eigenvalue weighted by molar-refractivity contribution is 0.135. The van der Waals surface area contributed by atoms with Crippen LogP contribution in [0.5, 0.6) is 0 Å². The molecule has 1 fully saturated rings. The first-order valence-electron chi connectivity index (χ1n) is 6.34. The third-order valence-corrected chi connectivity index (χ3v) is 5.83. The van der Waals surface area contributed by atoms with Crippen molar-refractivity contribution >= 4 is 9.84 Å². The summed E-state index contributed by atoms with van der Waals surface area (Å²) in [7, 11) is -3.03. The highest BCUT2D eigenvalue weighted by molar-refractivity contribution is 7.92. The van der Waals surface area contributed by atoms with Gasteiger partial charge in [-0.3, -0.25) is 0 Å². The van der Waals surface area contributed by atoms with Crippen LogP contribution < -0.4 is 5.32 Å². The summed E-state index contributed by atoms with van der Waals surface area (Å²) in [5.74, 6) is 0.827. The van der Waals surface area contributed by atoms with Gasteiger partial charge in [-0.05, 0) is 52.6 Å². The van der Waals surface area contributed by atoms with E-state index < -0.39 is 14.6 Å². The zero-order valence-electron chi connectivity index (χ0n) is 11.2. The van der Waals surface area contributed by atoms with E-state index in [0.29, 0.717) is 19.1 Å². The van der Waals surface area contributed by atoms with Crippen molar-refractivity contribution < 1.29 is 13.2 Å². The van der Waals surface area contributed by atoms with Gasteiger partial charge in [0, 0.05) is 6.61 Å². The zero-order chi connectivity index (χ0) is 12.9. The fourth-order valence-corrected chi connectivity index (χ4v) is 2.74. The Hall–Kier alpha value is -0.130. The normalized spacial score (nSPS) is 21.9. The minimum Gasteiger partial charge on any atom is -0.380 e. The van der Waals surface area contributed by atoms with Gasteiger partial charge in [0.1, 0.15) is 0 Å². The molecule has 17 heavy (non-hydrogen) atoms. The molecule has 4 nitrogen and oxygen atoms in total. The molecule has 1 aliphatic rings. The topological polar surface area (TPSA) is 55.4 Å². The molecule has 0 spiro atoms. The Balaban J connectivity index is 2.11. The van der Waals surface area contributed by atoms with Crippen LogP contribution in [0.15, 0.2) is 0 Å². The van der Waals surface area contributed by atoms with E-state index in [4.69, 9.17) is 4.74 Å². The summed E-state index contributed by atoms with van der Waals surface area (Å²) in [6, 6.07) is 0. The SMILES string of the molecule is CC(C)(C)S(=O)(=O)CCOCCC1CCNC1. The van der Waals surface area contributed by atoms with Gasteiger partial charge in [0.2, 0.25) is 0 Å². The Morgan fingerprint density at radius 2 is 2.00 bits per heavy atom. The maximum absolute atomic E-state index is 11.8. The van der Waals surface area contributed by atoms with Crippen molar-refractivity contribution in [3.8, 4) is 0 Å². The molecule has 1 heterocycles. The molecular formula is C12H25NO3S. The van der Waals surface area contributed by atoms with Crippen LogP contribution in [0, 0.1) is 5.92 Å². The Morgan fingerprint density at radius 3 is 2.53 bits per heavy atom. The summed E-state index contributed by atoms with van der Waals surface area (Å²) in [4.78, 5) is 0. The van der Waals surface area contributed by atoms with Crippen molar-refractivity contribution in [2.75, 3.05) is 32.1 Å². The zero-order valence-corrected chi connectivity index (χ0v) is 12.0. The second-order valence-corrected chi connectivity index (χ2v) is 8.55. The molecule has 1 aliphatic heterocycles. The maximum Gasteiger partial charge on any atom is 0.157 e. The highest BCUT2D eigenvalue weighted by atomic mass is 32.2. The smallest absolute Gasteiger partial charge is 0.157 e. The predicted octanol–water partition coefficient (Wildman–Crippen LogP) is 1.22. The van der Waals surface area contributed by atoms with Gasteiger partial charge < -0.3 is 10.1 Å². The standard InChI is InChI=1S/C12H25NO3S/c1-12(2,3)17(14,15)9-8-16-7-5-11-4-6-13-10-11/h11,13H,4-10H2,1-3H3. The van der Waals surface area contributed by atoms with Crippen molar-refractivity contribution in [2.45, 2.75) is 38.4 Å². The fourth-order valence-electron chi connectivity index (χ4n) is 1.79. The van der Waals surface area contributed by atoms with Gasteiger partial charge in [-0.1, -0.05) is 0 Å². The lowest BCUT2D eigenvalue weighted by atomic mass is 10.1. The average molecular weight is 263 g/mol. The van der Waals surface area contributed by atoms with E-state index in [9.17, 15) is 8.42 Å². The quantitative estimate of drug-likeness (QED) is 0.732. The molecular weight excluding hydrogens is 238 g/mol. The summed E-state index contributed by atoms with van der Waals surface area (Å²) in [6.45, 7) is 8.35. The van der Waals surface area contributed by atoms with Crippen molar-refractivity contribution in [2.24, 2.45) is 5.92 Å². The van der Waals surface area contributed by atoms with Gasteiger partial charge in [-0.2, -0.15) is 0 Å². The molecule has 0 amide bonds. The largest absolute Gasteiger partial charge is 0.380 e. The third-order valence-electron chi connectivity index (χ3n) is 3.26. The molecule has 0 bridgehead atoms. The number of rotatable bonds is 6. The van der Waals surface area contributed by atoms with Crippen LogP contribution in [0.2, 0.25) is 0 Å². The maximum atomic E-state index is 11.8. The monoisotopic (exact) mass is 263 g/mol. The second-order valence-electron chi connectivity index (χ2n) is 5.69. The van der Waals surface area contributed by atoms with Crippen LogP contribution >= 0.6 is 0 Å². The minimum absolute atomic E-state index is 0.124. The van der Waals surface area contributed by atoms with Crippen molar-refractivity contribution in [3.05, 3.63) is 0 Å². The molecule has 0 saturated carbocycles. The molecule has 0 aromatic carbocycles. The van der Waals surface area contributed by atoms with Crippen LogP contribution in [0.3, 0.4) is 0 Å². The van der Waals surface area contributed by atoms with Gasteiger partial charge in [0.25, 0.3) is 0 Å². The summed E-state index contributed by atoms with van der Waals surface area (Å²) in [5, 5.41) is 3.31. The van der Waals surface area contributed by atoms with Gasteiger partial charge in [-0.25, -0.2) is 8.42 Å². The average Bonchev–Trinajstić information content (AvgIpc) is 2.68. The van der Waals surface area contributed by atoms with Crippen LogP contribution in [0.1, 0.15) is 33.6 Å². The van der Waals surface area contributed by atoms with E-state index in [2.05, 4.69) is 5.32 Å². The van der Waals surface area contributed by atoms with Crippen LogP contribution in [0.25, 0.3) is 0 Å². The molecule has 1 unspecified atom stereocenters. The second kappa shape index (κ2) is 6.16. The molecule has 0 aromatic rings. The first-order chi connectivity index (χ1) is 7.83. The van der Waals surface area contributed by atoms with Crippen LogP contribution in [-0.2, 0) is 14.6 Å². The molecule has 102 valence electrons. The number of nitrogens with one attached hydrogen (secondary N) is 1. The van der Waals surface area contributed by atoms with E-state index in [1.165, 1.54) is 6.42 Å². The number of hydrogen-bond donors (Lipinski definition) is 1. The molecule has 0 aromatic heterocycles. The minimum atomic E-state index is -3.03. The molecule has 1 N–H and O–H groups in total. The van der Waals surface area contributed by atoms with Gasteiger partial charge in [-0.15, -0.1) is 0 Å². The number of ether oxygens (including phenoxy) is 1. The number of sulfone groups is 1. The Kier molecular flexibility index (Phi) is 5.41. The lowest BCUT2D eigenvalue weighted by Gasteiger charge is -2.19. The molecule has 0 radical (unpaired) electrons.